The molecule has 15 heteroatoms. The van der Waals surface area contributed by atoms with E-state index in [4.69, 9.17) is 4.74 Å². The second-order valence-corrected chi connectivity index (χ2v) is 10.9. The number of alkyl halides is 3. The van der Waals surface area contributed by atoms with Crippen LogP contribution in [-0.2, 0) is 30.3 Å². The van der Waals surface area contributed by atoms with Crippen LogP contribution in [-0.4, -0.2) is 56.6 Å². The van der Waals surface area contributed by atoms with Gasteiger partial charge < -0.3 is 25.3 Å². The Morgan fingerprint density at radius 3 is 2.65 bits per heavy atom. The quantitative estimate of drug-likeness (QED) is 0.212. The Hall–Kier alpha value is -4.66. The number of imidazole rings is 1. The number of rotatable bonds is 12. The molecule has 0 fully saturated rings. The molecule has 2 aromatic carbocycles. The summed E-state index contributed by atoms with van der Waals surface area (Å²) in [4.78, 5) is 24.5. The van der Waals surface area contributed by atoms with Crippen LogP contribution in [0.5, 0.6) is 5.75 Å². The number of nitrogens with zero attached hydrogens (tertiary/aromatic N) is 5. The highest BCUT2D eigenvalue weighted by Crippen LogP contribution is 2.35. The molecular weight excluding hydrogens is 585 g/mol. The van der Waals surface area contributed by atoms with Gasteiger partial charge in [-0.15, -0.1) is 0 Å². The molecule has 0 radical (unpaired) electrons. The van der Waals surface area contributed by atoms with Gasteiger partial charge in [-0.3, -0.25) is 9.10 Å². The van der Waals surface area contributed by atoms with Crippen LogP contribution in [0.15, 0.2) is 61.3 Å². The third-order valence-electron chi connectivity index (χ3n) is 6.43. The van der Waals surface area contributed by atoms with Crippen LogP contribution in [0.3, 0.4) is 0 Å². The molecule has 0 bridgehead atoms. The third kappa shape index (κ3) is 8.00. The summed E-state index contributed by atoms with van der Waals surface area (Å²) in [7, 11) is 1.71. The number of methoxy groups -OCH3 is 1. The van der Waals surface area contributed by atoms with Gasteiger partial charge in [-0.05, 0) is 42.3 Å². The molecule has 2 aromatic heterocycles. The van der Waals surface area contributed by atoms with E-state index in [-0.39, 0.29) is 24.1 Å². The summed E-state index contributed by atoms with van der Waals surface area (Å²) in [6.45, 7) is 2.77. The predicted molar refractivity (Wildman–Crippen MR) is 159 cm³/mol. The first-order chi connectivity index (χ1) is 20.5. The number of ether oxygens (including phenoxy) is 1. The molecule has 1 atom stereocenters. The number of nitrogens with one attached hydrogen (secondary N) is 3. The van der Waals surface area contributed by atoms with Crippen molar-refractivity contribution in [2.24, 2.45) is 0 Å². The van der Waals surface area contributed by atoms with Crippen molar-refractivity contribution in [1.82, 2.24) is 24.8 Å². The van der Waals surface area contributed by atoms with E-state index in [9.17, 15) is 22.2 Å². The van der Waals surface area contributed by atoms with E-state index >= 15 is 0 Å². The standard InChI is InChI=1S/C28H31F3N8O3S/c1-18-5-6-20(23(13-18)38(2)43(4)41)15-34-25-21(28(29,30)31)16-35-27(37-25)36-22-8-7-19(14-24(22)42-3)26(40)33-10-12-39-11-9-32-17-39/h5-9,11,13-14,16-17H,10,12,15H2,1-4H3,(H,33,40)(H2,34,35,36,37). The lowest BCUT2D eigenvalue weighted by molar-refractivity contribution is -0.137. The monoisotopic (exact) mass is 616 g/mol. The lowest BCUT2D eigenvalue weighted by Crippen LogP contribution is -2.27. The molecule has 0 spiro atoms. The molecule has 4 rings (SSSR count). The average molecular weight is 617 g/mol. The molecule has 43 heavy (non-hydrogen) atoms. The minimum Gasteiger partial charge on any atom is -0.495 e. The number of anilines is 4. The van der Waals surface area contributed by atoms with Crippen molar-refractivity contribution in [3.8, 4) is 5.75 Å². The first-order valence-corrected chi connectivity index (χ1v) is 14.5. The van der Waals surface area contributed by atoms with Crippen LogP contribution in [0, 0.1) is 6.92 Å². The van der Waals surface area contributed by atoms with Gasteiger partial charge in [-0.25, -0.2) is 14.2 Å². The molecular formula is C28H31F3N8O3S. The van der Waals surface area contributed by atoms with Crippen molar-refractivity contribution in [3.05, 3.63) is 83.6 Å². The maximum absolute atomic E-state index is 13.9. The fourth-order valence-corrected chi connectivity index (χ4v) is 4.54. The largest absolute Gasteiger partial charge is 0.495 e. The second-order valence-electron chi connectivity index (χ2n) is 9.46. The Balaban J connectivity index is 1.53. The van der Waals surface area contributed by atoms with Crippen molar-refractivity contribution in [3.63, 3.8) is 0 Å². The first kappa shape index (κ1) is 31.3. The number of benzene rings is 2. The van der Waals surface area contributed by atoms with E-state index in [0.717, 1.165) is 5.56 Å². The van der Waals surface area contributed by atoms with Gasteiger partial charge in [0.15, 0.2) is 0 Å². The fourth-order valence-electron chi connectivity index (χ4n) is 4.09. The van der Waals surface area contributed by atoms with E-state index in [2.05, 4.69) is 30.9 Å². The third-order valence-corrected chi connectivity index (χ3v) is 7.40. The number of hydrogen-bond donors (Lipinski definition) is 3. The molecule has 1 amide bonds. The summed E-state index contributed by atoms with van der Waals surface area (Å²) in [6, 6.07) is 10.00. The molecule has 3 N–H and O–H groups in total. The van der Waals surface area contributed by atoms with Gasteiger partial charge >= 0.3 is 6.18 Å². The highest BCUT2D eigenvalue weighted by Gasteiger charge is 2.35. The van der Waals surface area contributed by atoms with Crippen molar-refractivity contribution < 1.29 is 26.9 Å². The molecule has 4 aromatic rings. The average Bonchev–Trinajstić information content (AvgIpc) is 3.49. The minimum atomic E-state index is -4.72. The molecule has 0 saturated heterocycles. The Morgan fingerprint density at radius 2 is 1.98 bits per heavy atom. The number of carbonyl (C=O) groups is 1. The lowest BCUT2D eigenvalue weighted by atomic mass is 10.1. The van der Waals surface area contributed by atoms with Gasteiger partial charge in [0.2, 0.25) is 5.95 Å². The van der Waals surface area contributed by atoms with Crippen LogP contribution in [0.2, 0.25) is 0 Å². The van der Waals surface area contributed by atoms with E-state index in [1.54, 1.807) is 44.0 Å². The van der Waals surface area contributed by atoms with Crippen molar-refractivity contribution >= 4 is 40.0 Å². The van der Waals surface area contributed by atoms with Gasteiger partial charge in [-0.2, -0.15) is 18.2 Å². The molecule has 228 valence electrons. The molecule has 2 heterocycles. The zero-order chi connectivity index (χ0) is 31.1. The van der Waals surface area contributed by atoms with E-state index < -0.39 is 28.5 Å². The van der Waals surface area contributed by atoms with Crippen LogP contribution >= 0.6 is 0 Å². The first-order valence-electron chi connectivity index (χ1n) is 13.0. The summed E-state index contributed by atoms with van der Waals surface area (Å²) in [6.07, 6.45) is 2.56. The van der Waals surface area contributed by atoms with Gasteiger partial charge in [0.25, 0.3) is 5.91 Å². The molecule has 11 nitrogen and oxygen atoms in total. The van der Waals surface area contributed by atoms with E-state index in [0.29, 0.717) is 41.8 Å². The Morgan fingerprint density at radius 1 is 1.19 bits per heavy atom. The molecule has 0 aliphatic carbocycles. The highest BCUT2D eigenvalue weighted by atomic mass is 32.2. The fraction of sp³-hybridized carbons (Fsp3) is 0.286. The summed E-state index contributed by atoms with van der Waals surface area (Å²) in [5, 5.41) is 8.46. The predicted octanol–water partition coefficient (Wildman–Crippen LogP) is 4.52. The number of carbonyl (C=O) groups excluding carboxylic acids is 1. The highest BCUT2D eigenvalue weighted by molar-refractivity contribution is 7.85. The Labute approximate surface area is 249 Å². The van der Waals surface area contributed by atoms with E-state index in [1.165, 1.54) is 23.7 Å². The van der Waals surface area contributed by atoms with Crippen molar-refractivity contribution in [2.45, 2.75) is 26.2 Å². The molecule has 0 aliphatic heterocycles. The number of aryl methyl sites for hydroxylation is 1. The Bertz CT molecular complexity index is 1600. The summed E-state index contributed by atoms with van der Waals surface area (Å²) in [5.41, 5.74) is 1.78. The molecule has 0 aliphatic rings. The van der Waals surface area contributed by atoms with Crippen molar-refractivity contribution in [1.29, 1.82) is 0 Å². The Kier molecular flexibility index (Phi) is 9.85. The normalized spacial score (nSPS) is 12.0. The van der Waals surface area contributed by atoms with Crippen LogP contribution < -0.4 is 25.0 Å². The number of hydrogen-bond acceptors (Lipinski definition) is 8. The summed E-state index contributed by atoms with van der Waals surface area (Å²) in [5.74, 6) is -0.623. The maximum atomic E-state index is 13.9. The topological polar surface area (TPSA) is 126 Å². The SMILES string of the molecule is COc1cc(C(=O)NCCn2ccnc2)ccc1Nc1ncc(C(F)(F)F)c(NCc2ccc(C)cc2N(C)S(C)=O)n1. The van der Waals surface area contributed by atoms with Gasteiger partial charge in [0.1, 0.15) is 28.1 Å². The van der Waals surface area contributed by atoms with Gasteiger partial charge in [-0.1, -0.05) is 12.1 Å². The van der Waals surface area contributed by atoms with Crippen LogP contribution in [0.25, 0.3) is 0 Å². The zero-order valence-corrected chi connectivity index (χ0v) is 24.7. The molecule has 0 saturated carbocycles. The number of halogens is 3. The van der Waals surface area contributed by atoms with E-state index in [1.807, 2.05) is 23.6 Å². The number of amides is 1. The van der Waals surface area contributed by atoms with Gasteiger partial charge in [0.05, 0.1) is 24.8 Å². The number of aromatic nitrogens is 4. The van der Waals surface area contributed by atoms with Crippen LogP contribution in [0.4, 0.5) is 36.3 Å². The summed E-state index contributed by atoms with van der Waals surface area (Å²) >= 11 is 0. The van der Waals surface area contributed by atoms with Crippen LogP contribution in [0.1, 0.15) is 27.0 Å². The molecule has 1 unspecified atom stereocenters. The minimum absolute atomic E-state index is 0.0232. The summed E-state index contributed by atoms with van der Waals surface area (Å²) < 4.78 is 62.4. The zero-order valence-electron chi connectivity index (χ0n) is 23.9. The smallest absolute Gasteiger partial charge is 0.421 e. The van der Waals surface area contributed by atoms with Crippen molar-refractivity contribution in [2.75, 3.05) is 41.9 Å². The lowest BCUT2D eigenvalue weighted by Gasteiger charge is -2.21. The second kappa shape index (κ2) is 13.5. The van der Waals surface area contributed by atoms with Gasteiger partial charge in [0, 0.05) is 57.1 Å². The maximum Gasteiger partial charge on any atom is 0.421 e.